The molecule has 2 heterocycles. The zero-order valence-corrected chi connectivity index (χ0v) is 15.0. The molecule has 0 spiro atoms. The van der Waals surface area contributed by atoms with Crippen molar-refractivity contribution in [2.24, 2.45) is 11.7 Å². The molecule has 8 heteroatoms. The Morgan fingerprint density at radius 2 is 1.93 bits per heavy atom. The van der Waals surface area contributed by atoms with E-state index in [0.29, 0.717) is 30.8 Å². The van der Waals surface area contributed by atoms with Gasteiger partial charge in [-0.25, -0.2) is 9.69 Å². The molecular formula is C19H21N3O5. The number of hydrogen-bond donors (Lipinski definition) is 1. The summed E-state index contributed by atoms with van der Waals surface area (Å²) in [5.74, 6) is -2.11. The van der Waals surface area contributed by atoms with E-state index in [9.17, 15) is 19.2 Å². The Labute approximate surface area is 156 Å². The van der Waals surface area contributed by atoms with Gasteiger partial charge in [0.15, 0.2) is 0 Å². The standard InChI is InChI=1S/C19H21N3O5/c1-2-27-19(26)12-5-7-14(8-6-12)22-16(23)10-15(18(22)25)21-9-3-4-13(11-21)17(20)24/h5-8,10,13H,2-4,9,11H2,1H3,(H2,20,24). The molecule has 0 bridgehead atoms. The van der Waals surface area contributed by atoms with Gasteiger partial charge in [-0.05, 0) is 44.0 Å². The number of ether oxygens (including phenoxy) is 1. The van der Waals surface area contributed by atoms with Crippen LogP contribution in [-0.2, 0) is 19.1 Å². The summed E-state index contributed by atoms with van der Waals surface area (Å²) in [5, 5.41) is 0. The summed E-state index contributed by atoms with van der Waals surface area (Å²) >= 11 is 0. The lowest BCUT2D eigenvalue weighted by Crippen LogP contribution is -2.43. The summed E-state index contributed by atoms with van der Waals surface area (Å²) in [6, 6.07) is 6.08. The lowest BCUT2D eigenvalue weighted by atomic mass is 9.97. The van der Waals surface area contributed by atoms with Crippen molar-refractivity contribution in [3.8, 4) is 0 Å². The fourth-order valence-electron chi connectivity index (χ4n) is 3.32. The zero-order valence-electron chi connectivity index (χ0n) is 15.0. The normalized spacial score (nSPS) is 19.9. The van der Waals surface area contributed by atoms with Crippen LogP contribution in [0.2, 0.25) is 0 Å². The van der Waals surface area contributed by atoms with Crippen LogP contribution in [0.25, 0.3) is 0 Å². The molecule has 1 saturated heterocycles. The summed E-state index contributed by atoms with van der Waals surface area (Å²) in [7, 11) is 0. The number of benzene rings is 1. The molecule has 0 aromatic heterocycles. The maximum absolute atomic E-state index is 12.8. The number of nitrogens with two attached hydrogens (primary N) is 1. The van der Waals surface area contributed by atoms with Gasteiger partial charge in [0.25, 0.3) is 11.8 Å². The summed E-state index contributed by atoms with van der Waals surface area (Å²) in [5.41, 5.74) is 6.36. The third kappa shape index (κ3) is 3.69. The van der Waals surface area contributed by atoms with Crippen molar-refractivity contribution in [2.45, 2.75) is 19.8 Å². The number of nitrogens with zero attached hydrogens (tertiary/aromatic N) is 2. The molecule has 2 aliphatic heterocycles. The SMILES string of the molecule is CCOC(=O)c1ccc(N2C(=O)C=C(N3CCCC(C(N)=O)C3)C2=O)cc1. The lowest BCUT2D eigenvalue weighted by molar-refractivity contribution is -0.125. The lowest BCUT2D eigenvalue weighted by Gasteiger charge is -2.33. The average Bonchev–Trinajstić information content (AvgIpc) is 2.96. The fourth-order valence-corrected chi connectivity index (χ4v) is 3.32. The van der Waals surface area contributed by atoms with Crippen LogP contribution in [0.3, 0.4) is 0 Å². The second-order valence-corrected chi connectivity index (χ2v) is 6.46. The number of amides is 3. The molecule has 3 rings (SSSR count). The van der Waals surface area contributed by atoms with Crippen LogP contribution in [-0.4, -0.2) is 48.3 Å². The molecule has 1 unspecified atom stereocenters. The van der Waals surface area contributed by atoms with Gasteiger partial charge in [0.05, 0.1) is 23.8 Å². The molecule has 2 aliphatic rings. The first-order valence-electron chi connectivity index (χ1n) is 8.84. The van der Waals surface area contributed by atoms with Gasteiger partial charge in [-0.1, -0.05) is 0 Å². The molecular weight excluding hydrogens is 350 g/mol. The molecule has 2 N–H and O–H groups in total. The molecule has 0 saturated carbocycles. The fraction of sp³-hybridized carbons (Fsp3) is 0.368. The number of imide groups is 1. The van der Waals surface area contributed by atoms with Gasteiger partial charge >= 0.3 is 5.97 Å². The number of anilines is 1. The van der Waals surface area contributed by atoms with E-state index in [1.807, 2.05) is 0 Å². The van der Waals surface area contributed by atoms with Crippen molar-refractivity contribution in [3.63, 3.8) is 0 Å². The van der Waals surface area contributed by atoms with Gasteiger partial charge in [0, 0.05) is 19.2 Å². The van der Waals surface area contributed by atoms with E-state index in [-0.39, 0.29) is 18.2 Å². The van der Waals surface area contributed by atoms with Crippen LogP contribution in [0.4, 0.5) is 5.69 Å². The molecule has 0 radical (unpaired) electrons. The number of primary amides is 1. The maximum atomic E-state index is 12.8. The topological polar surface area (TPSA) is 110 Å². The molecule has 1 aromatic carbocycles. The van der Waals surface area contributed by atoms with Crippen LogP contribution in [0, 0.1) is 5.92 Å². The summed E-state index contributed by atoms with van der Waals surface area (Å²) < 4.78 is 4.92. The van der Waals surface area contributed by atoms with Gasteiger partial charge < -0.3 is 15.4 Å². The molecule has 142 valence electrons. The first kappa shape index (κ1) is 18.6. The summed E-state index contributed by atoms with van der Waals surface area (Å²) in [6.07, 6.45) is 2.69. The van der Waals surface area contributed by atoms with Crippen molar-refractivity contribution in [2.75, 3.05) is 24.6 Å². The predicted molar refractivity (Wildman–Crippen MR) is 96.5 cm³/mol. The second-order valence-electron chi connectivity index (χ2n) is 6.46. The summed E-state index contributed by atoms with van der Waals surface area (Å²) in [6.45, 7) is 2.89. The van der Waals surface area contributed by atoms with Gasteiger partial charge in [-0.3, -0.25) is 14.4 Å². The Morgan fingerprint density at radius 1 is 1.22 bits per heavy atom. The third-order valence-electron chi connectivity index (χ3n) is 4.70. The largest absolute Gasteiger partial charge is 0.462 e. The minimum Gasteiger partial charge on any atom is -0.462 e. The van der Waals surface area contributed by atoms with E-state index in [4.69, 9.17) is 10.5 Å². The Balaban J connectivity index is 1.76. The Morgan fingerprint density at radius 3 is 2.56 bits per heavy atom. The minimum absolute atomic E-state index is 0.263. The third-order valence-corrected chi connectivity index (χ3v) is 4.70. The van der Waals surface area contributed by atoms with Crippen molar-refractivity contribution >= 4 is 29.4 Å². The van der Waals surface area contributed by atoms with Crippen molar-refractivity contribution < 1.29 is 23.9 Å². The highest BCUT2D eigenvalue weighted by Gasteiger charge is 2.37. The molecule has 8 nitrogen and oxygen atoms in total. The molecule has 27 heavy (non-hydrogen) atoms. The van der Waals surface area contributed by atoms with E-state index in [1.54, 1.807) is 11.8 Å². The number of carbonyl (C=O) groups excluding carboxylic acids is 4. The van der Waals surface area contributed by atoms with E-state index < -0.39 is 23.7 Å². The number of rotatable bonds is 5. The van der Waals surface area contributed by atoms with E-state index in [1.165, 1.54) is 30.3 Å². The first-order valence-corrected chi connectivity index (χ1v) is 8.84. The number of esters is 1. The molecule has 0 aliphatic carbocycles. The number of hydrogen-bond acceptors (Lipinski definition) is 6. The first-order chi connectivity index (χ1) is 12.9. The van der Waals surface area contributed by atoms with Crippen LogP contribution in [0.1, 0.15) is 30.1 Å². The maximum Gasteiger partial charge on any atom is 0.338 e. The Bertz CT molecular complexity index is 815. The quantitative estimate of drug-likeness (QED) is 0.606. The van der Waals surface area contributed by atoms with Crippen LogP contribution >= 0.6 is 0 Å². The van der Waals surface area contributed by atoms with E-state index in [2.05, 4.69) is 0 Å². The number of likely N-dealkylation sites (tertiary alicyclic amines) is 1. The summed E-state index contributed by atoms with van der Waals surface area (Å²) in [4.78, 5) is 51.2. The minimum atomic E-state index is -0.465. The molecule has 1 aromatic rings. The van der Waals surface area contributed by atoms with Crippen molar-refractivity contribution in [1.29, 1.82) is 0 Å². The zero-order chi connectivity index (χ0) is 19.6. The Kier molecular flexibility index (Phi) is 5.25. The highest BCUT2D eigenvalue weighted by Crippen LogP contribution is 2.28. The highest BCUT2D eigenvalue weighted by molar-refractivity contribution is 6.30. The van der Waals surface area contributed by atoms with Crippen LogP contribution in [0.5, 0.6) is 0 Å². The van der Waals surface area contributed by atoms with Crippen molar-refractivity contribution in [3.05, 3.63) is 41.6 Å². The number of carbonyl (C=O) groups is 4. The smallest absolute Gasteiger partial charge is 0.338 e. The Hall–Kier alpha value is -3.16. The van der Waals surface area contributed by atoms with Gasteiger partial charge in [0.1, 0.15) is 5.70 Å². The second kappa shape index (κ2) is 7.61. The highest BCUT2D eigenvalue weighted by atomic mass is 16.5. The van der Waals surface area contributed by atoms with Gasteiger partial charge in [-0.2, -0.15) is 0 Å². The molecule has 3 amide bonds. The van der Waals surface area contributed by atoms with Crippen LogP contribution < -0.4 is 10.6 Å². The molecule has 1 atom stereocenters. The molecule has 1 fully saturated rings. The van der Waals surface area contributed by atoms with E-state index in [0.717, 1.165) is 11.3 Å². The average molecular weight is 371 g/mol. The monoisotopic (exact) mass is 371 g/mol. The predicted octanol–water partition coefficient (Wildman–Crippen LogP) is 0.818. The van der Waals surface area contributed by atoms with Crippen molar-refractivity contribution in [1.82, 2.24) is 4.90 Å². The van der Waals surface area contributed by atoms with Gasteiger partial charge in [0.2, 0.25) is 5.91 Å². The van der Waals surface area contributed by atoms with E-state index >= 15 is 0 Å². The van der Waals surface area contributed by atoms with Gasteiger partial charge in [-0.15, -0.1) is 0 Å². The number of piperidine rings is 1. The van der Waals surface area contributed by atoms with Crippen LogP contribution in [0.15, 0.2) is 36.0 Å².